The summed E-state index contributed by atoms with van der Waals surface area (Å²) in [6.45, 7) is 5.57. The average Bonchev–Trinajstić information content (AvgIpc) is 2.89. The van der Waals surface area contributed by atoms with Gasteiger partial charge in [-0.1, -0.05) is 29.4 Å². The molecule has 1 aromatic carbocycles. The molecule has 20 heavy (non-hydrogen) atoms. The second-order valence-electron chi connectivity index (χ2n) is 5.39. The van der Waals surface area contributed by atoms with Crippen molar-refractivity contribution in [2.75, 3.05) is 39.0 Å². The largest absolute Gasteiger partial charge is 0.381 e. The highest BCUT2D eigenvalue weighted by molar-refractivity contribution is 5.60. The fraction of sp³-hybridized carbons (Fsp3) is 0.400. The summed E-state index contributed by atoms with van der Waals surface area (Å²) in [5, 5.41) is 3.71. The lowest BCUT2D eigenvalue weighted by Gasteiger charge is -2.32. The SMILES string of the molecule is CN1CCN(Cc2ccc(-c3cc(N)no3)cc2)CC1. The predicted octanol–water partition coefficient (Wildman–Crippen LogP) is 1.67. The first kappa shape index (κ1) is 13.1. The van der Waals surface area contributed by atoms with Crippen molar-refractivity contribution >= 4 is 5.82 Å². The summed E-state index contributed by atoms with van der Waals surface area (Å²) in [4.78, 5) is 4.86. The lowest BCUT2D eigenvalue weighted by molar-refractivity contribution is 0.148. The van der Waals surface area contributed by atoms with Crippen LogP contribution in [0.4, 0.5) is 5.82 Å². The smallest absolute Gasteiger partial charge is 0.169 e. The second kappa shape index (κ2) is 5.64. The number of rotatable bonds is 3. The molecule has 0 saturated carbocycles. The number of nitrogens with zero attached hydrogens (tertiary/aromatic N) is 3. The van der Waals surface area contributed by atoms with Gasteiger partial charge in [0.2, 0.25) is 0 Å². The predicted molar refractivity (Wildman–Crippen MR) is 79.1 cm³/mol. The molecule has 5 nitrogen and oxygen atoms in total. The molecule has 1 aliphatic heterocycles. The molecule has 1 saturated heterocycles. The van der Waals surface area contributed by atoms with Crippen molar-refractivity contribution in [2.45, 2.75) is 6.54 Å². The van der Waals surface area contributed by atoms with Crippen LogP contribution in [0.25, 0.3) is 11.3 Å². The van der Waals surface area contributed by atoms with Crippen LogP contribution in [0.2, 0.25) is 0 Å². The molecule has 1 aliphatic rings. The summed E-state index contributed by atoms with van der Waals surface area (Å²) in [5.74, 6) is 1.13. The fourth-order valence-electron chi connectivity index (χ4n) is 2.46. The van der Waals surface area contributed by atoms with Gasteiger partial charge in [-0.05, 0) is 12.6 Å². The quantitative estimate of drug-likeness (QED) is 0.921. The Hall–Kier alpha value is -1.85. The number of piperazine rings is 1. The minimum absolute atomic E-state index is 0.418. The van der Waals surface area contributed by atoms with Crippen LogP contribution < -0.4 is 5.73 Å². The number of hydrogen-bond acceptors (Lipinski definition) is 5. The Morgan fingerprint density at radius 2 is 1.85 bits per heavy atom. The van der Waals surface area contributed by atoms with Crippen molar-refractivity contribution in [1.29, 1.82) is 0 Å². The standard InChI is InChI=1S/C15H20N4O/c1-18-6-8-19(9-7-18)11-12-2-4-13(5-3-12)14-10-15(16)17-20-14/h2-5,10H,6-9,11H2,1H3,(H2,16,17). The van der Waals surface area contributed by atoms with Crippen molar-refractivity contribution in [3.05, 3.63) is 35.9 Å². The molecule has 0 radical (unpaired) electrons. The van der Waals surface area contributed by atoms with E-state index in [2.05, 4.69) is 46.3 Å². The topological polar surface area (TPSA) is 58.5 Å². The molecule has 0 amide bonds. The van der Waals surface area contributed by atoms with E-state index >= 15 is 0 Å². The second-order valence-corrected chi connectivity index (χ2v) is 5.39. The van der Waals surface area contributed by atoms with E-state index in [0.717, 1.165) is 38.3 Å². The van der Waals surface area contributed by atoms with Gasteiger partial charge in [0.1, 0.15) is 0 Å². The van der Waals surface area contributed by atoms with E-state index in [4.69, 9.17) is 10.3 Å². The molecule has 2 heterocycles. The summed E-state index contributed by atoms with van der Waals surface area (Å²) in [5.41, 5.74) is 7.90. The Morgan fingerprint density at radius 3 is 2.45 bits per heavy atom. The molecule has 1 fully saturated rings. The van der Waals surface area contributed by atoms with E-state index in [1.54, 1.807) is 6.07 Å². The summed E-state index contributed by atoms with van der Waals surface area (Å²) in [7, 11) is 2.18. The van der Waals surface area contributed by atoms with E-state index in [-0.39, 0.29) is 0 Å². The highest BCUT2D eigenvalue weighted by Crippen LogP contribution is 2.22. The Kier molecular flexibility index (Phi) is 3.71. The van der Waals surface area contributed by atoms with Crippen molar-refractivity contribution in [3.8, 4) is 11.3 Å². The van der Waals surface area contributed by atoms with Gasteiger partial charge in [-0.3, -0.25) is 4.90 Å². The van der Waals surface area contributed by atoms with Gasteiger partial charge >= 0.3 is 0 Å². The van der Waals surface area contributed by atoms with Crippen LogP contribution in [0.3, 0.4) is 0 Å². The van der Waals surface area contributed by atoms with E-state index < -0.39 is 0 Å². The first-order chi connectivity index (χ1) is 9.70. The molecule has 106 valence electrons. The van der Waals surface area contributed by atoms with Crippen LogP contribution >= 0.6 is 0 Å². The highest BCUT2D eigenvalue weighted by atomic mass is 16.5. The molecule has 0 unspecified atom stereocenters. The molecule has 0 aliphatic carbocycles. The van der Waals surface area contributed by atoms with Crippen LogP contribution in [-0.4, -0.2) is 48.2 Å². The lowest BCUT2D eigenvalue weighted by Crippen LogP contribution is -2.43. The third kappa shape index (κ3) is 3.00. The minimum Gasteiger partial charge on any atom is -0.381 e. The molecule has 0 spiro atoms. The Balaban J connectivity index is 1.64. The number of hydrogen-bond donors (Lipinski definition) is 1. The van der Waals surface area contributed by atoms with Gasteiger partial charge in [0, 0.05) is 44.4 Å². The molecule has 0 atom stereocenters. The number of aromatic nitrogens is 1. The number of benzene rings is 1. The Labute approximate surface area is 118 Å². The first-order valence-corrected chi connectivity index (χ1v) is 6.93. The van der Waals surface area contributed by atoms with Crippen LogP contribution in [0.15, 0.2) is 34.9 Å². The lowest BCUT2D eigenvalue weighted by atomic mass is 10.1. The van der Waals surface area contributed by atoms with Crippen LogP contribution in [0.1, 0.15) is 5.56 Å². The van der Waals surface area contributed by atoms with Crippen molar-refractivity contribution in [3.63, 3.8) is 0 Å². The van der Waals surface area contributed by atoms with E-state index in [9.17, 15) is 0 Å². The molecular weight excluding hydrogens is 252 g/mol. The summed E-state index contributed by atoms with van der Waals surface area (Å²) in [6.07, 6.45) is 0. The third-order valence-corrected chi connectivity index (χ3v) is 3.77. The van der Waals surface area contributed by atoms with E-state index in [1.807, 2.05) is 0 Å². The summed E-state index contributed by atoms with van der Waals surface area (Å²) in [6, 6.07) is 10.2. The summed E-state index contributed by atoms with van der Waals surface area (Å²) >= 11 is 0. The van der Waals surface area contributed by atoms with E-state index in [1.165, 1.54) is 5.56 Å². The van der Waals surface area contributed by atoms with Gasteiger partial charge in [0.25, 0.3) is 0 Å². The highest BCUT2D eigenvalue weighted by Gasteiger charge is 2.13. The first-order valence-electron chi connectivity index (χ1n) is 6.93. The van der Waals surface area contributed by atoms with Crippen LogP contribution in [-0.2, 0) is 6.54 Å². The number of nitrogen functional groups attached to an aromatic ring is 1. The third-order valence-electron chi connectivity index (χ3n) is 3.77. The Morgan fingerprint density at radius 1 is 1.15 bits per heavy atom. The number of nitrogens with two attached hydrogens (primary N) is 1. The molecule has 0 bridgehead atoms. The van der Waals surface area contributed by atoms with Crippen molar-refractivity contribution in [2.24, 2.45) is 0 Å². The molecule has 5 heteroatoms. The molecule has 1 aromatic heterocycles. The van der Waals surface area contributed by atoms with Crippen LogP contribution in [0.5, 0.6) is 0 Å². The number of anilines is 1. The van der Waals surface area contributed by atoms with Crippen molar-refractivity contribution < 1.29 is 4.52 Å². The minimum atomic E-state index is 0.418. The zero-order valence-corrected chi connectivity index (χ0v) is 11.7. The molecule has 2 N–H and O–H groups in total. The van der Waals surface area contributed by atoms with Gasteiger partial charge in [-0.2, -0.15) is 0 Å². The zero-order valence-electron chi connectivity index (χ0n) is 11.7. The zero-order chi connectivity index (χ0) is 13.9. The van der Waals surface area contributed by atoms with Gasteiger partial charge in [0.05, 0.1) is 0 Å². The van der Waals surface area contributed by atoms with Gasteiger partial charge in [-0.15, -0.1) is 0 Å². The Bertz CT molecular complexity index is 556. The normalized spacial score (nSPS) is 17.4. The van der Waals surface area contributed by atoms with Gasteiger partial charge < -0.3 is 15.2 Å². The number of likely N-dealkylation sites (N-methyl/N-ethyl adjacent to an activating group) is 1. The summed E-state index contributed by atoms with van der Waals surface area (Å²) < 4.78 is 5.16. The van der Waals surface area contributed by atoms with Gasteiger partial charge in [-0.25, -0.2) is 0 Å². The molecular formula is C15H20N4O. The van der Waals surface area contributed by atoms with E-state index in [0.29, 0.717) is 11.6 Å². The molecule has 3 rings (SSSR count). The monoisotopic (exact) mass is 272 g/mol. The van der Waals surface area contributed by atoms with Gasteiger partial charge in [0.15, 0.2) is 11.6 Å². The maximum absolute atomic E-state index is 5.57. The molecule has 2 aromatic rings. The maximum Gasteiger partial charge on any atom is 0.169 e. The average molecular weight is 272 g/mol. The van der Waals surface area contributed by atoms with Crippen molar-refractivity contribution in [1.82, 2.24) is 15.0 Å². The fourth-order valence-corrected chi connectivity index (χ4v) is 2.46. The van der Waals surface area contributed by atoms with Crippen LogP contribution in [0, 0.1) is 0 Å². The maximum atomic E-state index is 5.57.